The Labute approximate surface area is 122 Å². The fraction of sp³-hybridized carbons (Fsp3) is 0.467. The smallest absolute Gasteiger partial charge is 0.326 e. The first-order valence-electron chi connectivity index (χ1n) is 6.79. The summed E-state index contributed by atoms with van der Waals surface area (Å²) in [5, 5.41) is 18.6. The first-order chi connectivity index (χ1) is 9.90. The zero-order valence-electron chi connectivity index (χ0n) is 12.1. The highest BCUT2D eigenvalue weighted by atomic mass is 16.5. The van der Waals surface area contributed by atoms with Crippen LogP contribution in [0, 0.1) is 13.8 Å². The number of aryl methyl sites for hydroxylation is 1. The molecule has 114 valence electrons. The molecule has 0 saturated carbocycles. The zero-order chi connectivity index (χ0) is 15.6. The molecule has 0 unspecified atom stereocenters. The molecule has 1 amide bonds. The highest BCUT2D eigenvalue weighted by Gasteiger charge is 2.38. The topological polar surface area (TPSA) is 87.1 Å². The van der Waals surface area contributed by atoms with Gasteiger partial charge in [-0.05, 0) is 31.0 Å². The summed E-state index contributed by atoms with van der Waals surface area (Å²) in [6.45, 7) is 3.64. The molecule has 2 atom stereocenters. The van der Waals surface area contributed by atoms with Crippen molar-refractivity contribution >= 4 is 11.9 Å². The van der Waals surface area contributed by atoms with Crippen LogP contribution in [0.2, 0.25) is 0 Å². The van der Waals surface area contributed by atoms with Gasteiger partial charge in [-0.2, -0.15) is 0 Å². The van der Waals surface area contributed by atoms with Gasteiger partial charge in [0.15, 0.2) is 6.61 Å². The Kier molecular flexibility index (Phi) is 4.47. The SMILES string of the molecule is Cc1cccc(OCC(=O)N2C[C@H](O)C[C@H]2C(=O)O)c1C. The van der Waals surface area contributed by atoms with E-state index in [1.54, 1.807) is 6.07 Å². The van der Waals surface area contributed by atoms with Gasteiger partial charge in [0.1, 0.15) is 11.8 Å². The number of carboxylic acid groups (broad SMARTS) is 1. The van der Waals surface area contributed by atoms with Crippen LogP contribution >= 0.6 is 0 Å². The van der Waals surface area contributed by atoms with Crippen LogP contribution in [0.3, 0.4) is 0 Å². The fourth-order valence-electron chi connectivity index (χ4n) is 2.43. The number of rotatable bonds is 4. The van der Waals surface area contributed by atoms with Crippen molar-refractivity contribution in [3.63, 3.8) is 0 Å². The molecule has 0 aliphatic carbocycles. The number of aliphatic carboxylic acids is 1. The van der Waals surface area contributed by atoms with Crippen LogP contribution < -0.4 is 4.74 Å². The Bertz CT molecular complexity index is 557. The number of carbonyl (C=O) groups excluding carboxylic acids is 1. The van der Waals surface area contributed by atoms with Gasteiger partial charge in [0.25, 0.3) is 5.91 Å². The van der Waals surface area contributed by atoms with E-state index in [1.165, 1.54) is 0 Å². The van der Waals surface area contributed by atoms with Crippen molar-refractivity contribution < 1.29 is 24.5 Å². The molecule has 1 heterocycles. The first-order valence-corrected chi connectivity index (χ1v) is 6.79. The van der Waals surface area contributed by atoms with E-state index in [9.17, 15) is 14.7 Å². The third-order valence-electron chi connectivity index (χ3n) is 3.79. The number of aliphatic hydroxyl groups excluding tert-OH is 1. The summed E-state index contributed by atoms with van der Waals surface area (Å²) in [6, 6.07) is 4.57. The molecule has 6 heteroatoms. The highest BCUT2D eigenvalue weighted by Crippen LogP contribution is 2.22. The van der Waals surface area contributed by atoms with Crippen LogP contribution in [0.5, 0.6) is 5.75 Å². The van der Waals surface area contributed by atoms with Crippen molar-refractivity contribution in [2.75, 3.05) is 13.2 Å². The molecule has 2 rings (SSSR count). The average molecular weight is 293 g/mol. The number of β-amino-alcohol motifs (C(OH)–C–C–N with tert-alkyl or cyclic N) is 1. The molecule has 0 aromatic heterocycles. The van der Waals surface area contributed by atoms with Crippen LogP contribution in [-0.2, 0) is 9.59 Å². The zero-order valence-corrected chi connectivity index (χ0v) is 12.1. The molecule has 2 N–H and O–H groups in total. The van der Waals surface area contributed by atoms with Crippen LogP contribution in [0.15, 0.2) is 18.2 Å². The monoisotopic (exact) mass is 293 g/mol. The normalized spacial score (nSPS) is 21.4. The van der Waals surface area contributed by atoms with Gasteiger partial charge in [0.2, 0.25) is 0 Å². The Hall–Kier alpha value is -2.08. The Balaban J connectivity index is 2.01. The summed E-state index contributed by atoms with van der Waals surface area (Å²) in [7, 11) is 0. The number of nitrogens with zero attached hydrogens (tertiary/aromatic N) is 1. The Morgan fingerprint density at radius 3 is 2.76 bits per heavy atom. The molecule has 1 aromatic carbocycles. The van der Waals surface area contributed by atoms with E-state index in [2.05, 4.69) is 0 Å². The Morgan fingerprint density at radius 1 is 1.38 bits per heavy atom. The maximum Gasteiger partial charge on any atom is 0.326 e. The largest absolute Gasteiger partial charge is 0.483 e. The first kappa shape index (κ1) is 15.3. The summed E-state index contributed by atoms with van der Waals surface area (Å²) in [6.07, 6.45) is -0.736. The average Bonchev–Trinajstić information content (AvgIpc) is 2.82. The van der Waals surface area contributed by atoms with Gasteiger partial charge in [-0.3, -0.25) is 4.79 Å². The molecular weight excluding hydrogens is 274 g/mol. The highest BCUT2D eigenvalue weighted by molar-refractivity contribution is 5.85. The number of likely N-dealkylation sites (tertiary alicyclic amines) is 1. The second kappa shape index (κ2) is 6.13. The standard InChI is InChI=1S/C15H19NO5/c1-9-4-3-5-13(10(9)2)21-8-14(18)16-7-11(17)6-12(16)15(19)20/h3-5,11-12,17H,6-8H2,1-2H3,(H,19,20)/t11-,12+/m1/s1. The number of carboxylic acids is 1. The van der Waals surface area contributed by atoms with Gasteiger partial charge in [-0.1, -0.05) is 12.1 Å². The fourth-order valence-corrected chi connectivity index (χ4v) is 2.43. The third kappa shape index (κ3) is 3.33. The number of hydrogen-bond donors (Lipinski definition) is 2. The molecule has 1 aliphatic heterocycles. The minimum Gasteiger partial charge on any atom is -0.483 e. The minimum atomic E-state index is -1.10. The van der Waals surface area contributed by atoms with Crippen LogP contribution in [-0.4, -0.2) is 52.3 Å². The van der Waals surface area contributed by atoms with E-state index in [1.807, 2.05) is 26.0 Å². The van der Waals surface area contributed by atoms with E-state index in [-0.39, 0.29) is 19.6 Å². The third-order valence-corrected chi connectivity index (χ3v) is 3.79. The van der Waals surface area contributed by atoms with Gasteiger partial charge in [0.05, 0.1) is 6.10 Å². The van der Waals surface area contributed by atoms with Crippen LogP contribution in [0.4, 0.5) is 0 Å². The molecule has 0 spiro atoms. The molecular formula is C15H19NO5. The summed E-state index contributed by atoms with van der Waals surface area (Å²) in [5.74, 6) is -0.929. The number of aliphatic hydroxyl groups is 1. The lowest BCUT2D eigenvalue weighted by atomic mass is 10.1. The maximum absolute atomic E-state index is 12.1. The summed E-state index contributed by atoms with van der Waals surface area (Å²) < 4.78 is 5.49. The van der Waals surface area contributed by atoms with E-state index < -0.39 is 24.0 Å². The lowest BCUT2D eigenvalue weighted by Gasteiger charge is -2.21. The number of ether oxygens (including phenoxy) is 1. The van der Waals surface area contributed by atoms with Crippen molar-refractivity contribution in [2.24, 2.45) is 0 Å². The van der Waals surface area contributed by atoms with Crippen molar-refractivity contribution in [3.8, 4) is 5.75 Å². The Morgan fingerprint density at radius 2 is 2.10 bits per heavy atom. The lowest BCUT2D eigenvalue weighted by Crippen LogP contribution is -2.43. The van der Waals surface area contributed by atoms with Crippen molar-refractivity contribution in [3.05, 3.63) is 29.3 Å². The van der Waals surface area contributed by atoms with Crippen molar-refractivity contribution in [2.45, 2.75) is 32.4 Å². The predicted octanol–water partition coefficient (Wildman–Crippen LogP) is 0.729. The second-order valence-corrected chi connectivity index (χ2v) is 5.28. The summed E-state index contributed by atoms with van der Waals surface area (Å²) in [5.41, 5.74) is 2.00. The van der Waals surface area contributed by atoms with Gasteiger partial charge in [-0.25, -0.2) is 4.79 Å². The number of benzene rings is 1. The molecule has 0 bridgehead atoms. The molecule has 6 nitrogen and oxygen atoms in total. The van der Waals surface area contributed by atoms with Gasteiger partial charge >= 0.3 is 5.97 Å². The van der Waals surface area contributed by atoms with Crippen LogP contribution in [0.1, 0.15) is 17.5 Å². The molecule has 1 aliphatic rings. The van der Waals surface area contributed by atoms with E-state index in [4.69, 9.17) is 9.84 Å². The number of amides is 1. The van der Waals surface area contributed by atoms with Crippen LogP contribution in [0.25, 0.3) is 0 Å². The van der Waals surface area contributed by atoms with E-state index in [0.717, 1.165) is 16.0 Å². The molecule has 1 aromatic rings. The molecule has 21 heavy (non-hydrogen) atoms. The summed E-state index contributed by atoms with van der Waals surface area (Å²) >= 11 is 0. The number of hydrogen-bond acceptors (Lipinski definition) is 4. The van der Waals surface area contributed by atoms with Gasteiger partial charge in [0, 0.05) is 13.0 Å². The lowest BCUT2D eigenvalue weighted by molar-refractivity contribution is -0.149. The molecule has 1 saturated heterocycles. The minimum absolute atomic E-state index is 0.0337. The summed E-state index contributed by atoms with van der Waals surface area (Å²) in [4.78, 5) is 24.4. The van der Waals surface area contributed by atoms with E-state index >= 15 is 0 Å². The van der Waals surface area contributed by atoms with Crippen molar-refractivity contribution in [1.29, 1.82) is 0 Å². The quantitative estimate of drug-likeness (QED) is 0.854. The predicted molar refractivity (Wildman–Crippen MR) is 75.2 cm³/mol. The maximum atomic E-state index is 12.1. The van der Waals surface area contributed by atoms with Gasteiger partial charge < -0.3 is 19.8 Å². The van der Waals surface area contributed by atoms with E-state index in [0.29, 0.717) is 5.75 Å². The molecule has 0 radical (unpaired) electrons. The van der Waals surface area contributed by atoms with Crippen molar-refractivity contribution in [1.82, 2.24) is 4.90 Å². The van der Waals surface area contributed by atoms with Gasteiger partial charge in [-0.15, -0.1) is 0 Å². The second-order valence-electron chi connectivity index (χ2n) is 5.28. The molecule has 1 fully saturated rings. The number of carbonyl (C=O) groups is 2.